The maximum absolute atomic E-state index is 12.9. The predicted molar refractivity (Wildman–Crippen MR) is 170 cm³/mol. The van der Waals surface area contributed by atoms with Gasteiger partial charge in [-0.3, -0.25) is 4.90 Å². The first-order valence-corrected chi connectivity index (χ1v) is 15.4. The summed E-state index contributed by atoms with van der Waals surface area (Å²) in [5.74, 6) is 1.17. The highest BCUT2D eigenvalue weighted by Crippen LogP contribution is 2.37. The second-order valence-corrected chi connectivity index (χ2v) is 12.8. The molecule has 6 rings (SSSR count). The predicted octanol–water partition coefficient (Wildman–Crippen LogP) is 6.85. The monoisotopic (exact) mass is 582 g/mol. The summed E-state index contributed by atoms with van der Waals surface area (Å²) in [6.07, 6.45) is 2.42. The minimum atomic E-state index is -0.950. The van der Waals surface area contributed by atoms with Gasteiger partial charge < -0.3 is 23.9 Å². The van der Waals surface area contributed by atoms with Gasteiger partial charge in [-0.25, -0.2) is 4.79 Å². The Hall–Kier alpha value is -3.81. The van der Waals surface area contributed by atoms with E-state index in [0.717, 1.165) is 71.9 Å². The molecule has 7 nitrogen and oxygen atoms in total. The maximum atomic E-state index is 12.9. The lowest BCUT2D eigenvalue weighted by Gasteiger charge is -2.26. The molecule has 1 aliphatic carbocycles. The Labute approximate surface area is 254 Å². The Balaban J connectivity index is 1.34. The molecular formula is C36H42N2O5. The van der Waals surface area contributed by atoms with E-state index in [1.165, 1.54) is 18.4 Å². The Kier molecular flexibility index (Phi) is 8.46. The number of benzene rings is 3. The first kappa shape index (κ1) is 29.3. The van der Waals surface area contributed by atoms with Crippen molar-refractivity contribution >= 4 is 16.9 Å². The molecule has 1 aromatic heterocycles. The zero-order valence-electron chi connectivity index (χ0n) is 25.5. The van der Waals surface area contributed by atoms with Gasteiger partial charge in [0.15, 0.2) is 0 Å². The molecule has 2 aliphatic rings. The van der Waals surface area contributed by atoms with Crippen molar-refractivity contribution < 1.29 is 24.1 Å². The van der Waals surface area contributed by atoms with Crippen molar-refractivity contribution in [2.75, 3.05) is 46.1 Å². The van der Waals surface area contributed by atoms with Crippen molar-refractivity contribution in [1.29, 1.82) is 0 Å². The maximum Gasteiger partial charge on any atom is 0.353 e. The highest BCUT2D eigenvalue weighted by atomic mass is 16.5. The summed E-state index contributed by atoms with van der Waals surface area (Å²) in [5, 5.41) is 11.5. The van der Waals surface area contributed by atoms with E-state index in [1.54, 1.807) is 0 Å². The van der Waals surface area contributed by atoms with Gasteiger partial charge in [0.2, 0.25) is 0 Å². The van der Waals surface area contributed by atoms with Crippen molar-refractivity contribution in [1.82, 2.24) is 9.47 Å². The molecule has 0 spiro atoms. The van der Waals surface area contributed by atoms with Crippen LogP contribution in [0, 0.1) is 5.92 Å². The fourth-order valence-corrected chi connectivity index (χ4v) is 5.81. The summed E-state index contributed by atoms with van der Waals surface area (Å²) in [7, 11) is 0. The third kappa shape index (κ3) is 6.89. The quantitative estimate of drug-likeness (QED) is 0.209. The molecule has 3 aromatic carbocycles. The van der Waals surface area contributed by atoms with Crippen LogP contribution in [-0.4, -0.2) is 66.6 Å². The molecule has 0 unspecified atom stereocenters. The first-order chi connectivity index (χ1) is 20.8. The van der Waals surface area contributed by atoms with Crippen LogP contribution >= 0.6 is 0 Å². The van der Waals surface area contributed by atoms with E-state index in [0.29, 0.717) is 25.7 Å². The molecule has 0 radical (unpaired) electrons. The van der Waals surface area contributed by atoms with E-state index in [-0.39, 0.29) is 11.1 Å². The van der Waals surface area contributed by atoms with Crippen LogP contribution in [0.25, 0.3) is 22.0 Å². The molecule has 2 heterocycles. The van der Waals surface area contributed by atoms with Crippen LogP contribution in [0.1, 0.15) is 55.2 Å². The van der Waals surface area contributed by atoms with Crippen LogP contribution in [0.5, 0.6) is 11.5 Å². The van der Waals surface area contributed by atoms with Crippen LogP contribution in [0.4, 0.5) is 0 Å². The van der Waals surface area contributed by atoms with Crippen LogP contribution in [0.15, 0.2) is 66.7 Å². The van der Waals surface area contributed by atoms with Crippen molar-refractivity contribution in [2.45, 2.75) is 45.6 Å². The van der Waals surface area contributed by atoms with Crippen LogP contribution in [0.2, 0.25) is 0 Å². The Morgan fingerprint density at radius 1 is 0.953 bits per heavy atom. The lowest BCUT2D eigenvalue weighted by Crippen LogP contribution is -2.38. The lowest BCUT2D eigenvalue weighted by molar-refractivity contribution is 0.0322. The van der Waals surface area contributed by atoms with Crippen LogP contribution < -0.4 is 9.47 Å². The standard InChI is InChI=1S/C36H42N2O5/c1-36(2,3)28-12-10-27(11-13-28)33-31-6-4-5-7-32(31)38(34(33)35(39)40)23-26-20-29(22-30(21-26)43-24-25-8-9-25)42-19-16-37-14-17-41-18-15-37/h4-7,10-13,20-22,25H,8-9,14-19,23-24H2,1-3H3,(H,39,40). The number of carboxylic acid groups (broad SMARTS) is 1. The molecule has 43 heavy (non-hydrogen) atoms. The van der Waals surface area contributed by atoms with Crippen molar-refractivity contribution in [3.05, 3.63) is 83.6 Å². The lowest BCUT2D eigenvalue weighted by atomic mass is 9.86. The van der Waals surface area contributed by atoms with Gasteiger partial charge >= 0.3 is 5.97 Å². The Morgan fingerprint density at radius 3 is 2.33 bits per heavy atom. The fourth-order valence-electron chi connectivity index (χ4n) is 5.81. The fraction of sp³-hybridized carbons (Fsp3) is 0.417. The number of aromatic carboxylic acids is 1. The number of hydrogen-bond donors (Lipinski definition) is 1. The average molecular weight is 583 g/mol. The summed E-state index contributed by atoms with van der Waals surface area (Å²) in [5.41, 5.74) is 4.96. The van der Waals surface area contributed by atoms with Crippen LogP contribution in [-0.2, 0) is 16.7 Å². The van der Waals surface area contributed by atoms with E-state index in [4.69, 9.17) is 14.2 Å². The van der Waals surface area contributed by atoms with E-state index in [9.17, 15) is 9.90 Å². The highest BCUT2D eigenvalue weighted by Gasteiger charge is 2.25. The molecule has 0 amide bonds. The smallest absolute Gasteiger partial charge is 0.353 e. The van der Waals surface area contributed by atoms with Gasteiger partial charge in [-0.1, -0.05) is 63.2 Å². The summed E-state index contributed by atoms with van der Waals surface area (Å²) in [6.45, 7) is 12.3. The third-order valence-electron chi connectivity index (χ3n) is 8.46. The average Bonchev–Trinajstić information content (AvgIpc) is 3.77. The second kappa shape index (κ2) is 12.4. The number of hydrogen-bond acceptors (Lipinski definition) is 5. The van der Waals surface area contributed by atoms with Crippen LogP contribution in [0.3, 0.4) is 0 Å². The van der Waals surface area contributed by atoms with E-state index >= 15 is 0 Å². The zero-order chi connectivity index (χ0) is 30.0. The largest absolute Gasteiger partial charge is 0.493 e. The van der Waals surface area contributed by atoms with Gasteiger partial charge in [0.05, 0.1) is 19.8 Å². The van der Waals surface area contributed by atoms with Crippen molar-refractivity contribution in [2.24, 2.45) is 5.92 Å². The number of para-hydroxylation sites is 1. The molecular weight excluding hydrogens is 540 g/mol. The molecule has 1 N–H and O–H groups in total. The molecule has 0 atom stereocenters. The van der Waals surface area contributed by atoms with Crippen molar-refractivity contribution in [3.63, 3.8) is 0 Å². The summed E-state index contributed by atoms with van der Waals surface area (Å²) in [6, 6.07) is 22.3. The molecule has 2 fully saturated rings. The highest BCUT2D eigenvalue weighted by molar-refractivity contribution is 6.08. The Bertz CT molecular complexity index is 1570. The number of ether oxygens (including phenoxy) is 3. The van der Waals surface area contributed by atoms with E-state index in [1.807, 2.05) is 59.2 Å². The molecule has 1 saturated carbocycles. The summed E-state index contributed by atoms with van der Waals surface area (Å²) >= 11 is 0. The first-order valence-electron chi connectivity index (χ1n) is 15.4. The van der Waals surface area contributed by atoms with Crippen molar-refractivity contribution in [3.8, 4) is 22.6 Å². The van der Waals surface area contributed by atoms with Gasteiger partial charge in [0.25, 0.3) is 0 Å². The van der Waals surface area contributed by atoms with Gasteiger partial charge in [-0.15, -0.1) is 0 Å². The second-order valence-electron chi connectivity index (χ2n) is 12.8. The molecule has 4 aromatic rings. The summed E-state index contributed by atoms with van der Waals surface area (Å²) in [4.78, 5) is 15.3. The third-order valence-corrected chi connectivity index (χ3v) is 8.46. The van der Waals surface area contributed by atoms with E-state index < -0.39 is 5.97 Å². The number of carbonyl (C=O) groups is 1. The number of rotatable bonds is 11. The number of nitrogens with zero attached hydrogens (tertiary/aromatic N) is 2. The Morgan fingerprint density at radius 2 is 1.65 bits per heavy atom. The van der Waals surface area contributed by atoms with Gasteiger partial charge in [-0.2, -0.15) is 0 Å². The summed E-state index contributed by atoms with van der Waals surface area (Å²) < 4.78 is 19.8. The molecule has 226 valence electrons. The number of aromatic nitrogens is 1. The minimum Gasteiger partial charge on any atom is -0.493 e. The van der Waals surface area contributed by atoms with Gasteiger partial charge in [-0.05, 0) is 59.1 Å². The molecule has 0 bridgehead atoms. The number of fused-ring (bicyclic) bond motifs is 1. The topological polar surface area (TPSA) is 73.2 Å². The van der Waals surface area contributed by atoms with E-state index in [2.05, 4.69) is 37.8 Å². The van der Waals surface area contributed by atoms with Gasteiger partial charge in [0, 0.05) is 48.7 Å². The SMILES string of the molecule is CC(C)(C)c1ccc(-c2c(C(=O)O)n(Cc3cc(OCCN4CCOCC4)cc(OCC4CC4)c3)c3ccccc23)cc1. The van der Waals surface area contributed by atoms with Gasteiger partial charge in [0.1, 0.15) is 23.8 Å². The molecule has 1 aliphatic heterocycles. The zero-order valence-corrected chi connectivity index (χ0v) is 25.5. The molecule has 7 heteroatoms. The number of morpholine rings is 1. The molecule has 1 saturated heterocycles. The number of carboxylic acids is 1. The minimum absolute atomic E-state index is 0.0106. The normalized spacial score (nSPS) is 16.0.